The number of likely N-dealkylation sites (N-methyl/N-ethyl adjacent to an activating group) is 1. The number of hydrogen-bond donors (Lipinski definition) is 1. The minimum absolute atomic E-state index is 0. The van der Waals surface area contributed by atoms with E-state index in [2.05, 4.69) is 46.6 Å². The minimum Gasteiger partial charge on any atom is -0.478 e. The number of piperazine rings is 2. The van der Waals surface area contributed by atoms with Crippen molar-refractivity contribution in [1.29, 1.82) is 0 Å². The Hall–Kier alpha value is -4.88. The molecule has 2 saturated heterocycles. The molecule has 0 saturated carbocycles. The molecule has 2 aromatic carbocycles. The molecule has 2 atom stereocenters. The number of aliphatic carboxylic acids is 1. The third-order valence-electron chi connectivity index (χ3n) is 11.8. The first-order chi connectivity index (χ1) is 32.5. The van der Waals surface area contributed by atoms with Crippen LogP contribution in [-0.2, 0) is 23.9 Å². The van der Waals surface area contributed by atoms with E-state index in [1.165, 1.54) is 12.2 Å². The number of carbonyl (C=O) groups excluding carboxylic acids is 3. The summed E-state index contributed by atoms with van der Waals surface area (Å²) in [5.74, 6) is -1.32. The summed E-state index contributed by atoms with van der Waals surface area (Å²) in [6.07, 6.45) is 6.35. The first-order valence-corrected chi connectivity index (χ1v) is 24.7. The van der Waals surface area contributed by atoms with Crippen LogP contribution >= 0.6 is 55.1 Å². The van der Waals surface area contributed by atoms with Crippen LogP contribution in [0.5, 0.6) is 0 Å². The molecule has 19 heteroatoms. The Morgan fingerprint density at radius 3 is 1.36 bits per heavy atom. The highest BCUT2D eigenvalue weighted by Crippen LogP contribution is 2.43. The van der Waals surface area contributed by atoms with E-state index in [9.17, 15) is 24.3 Å². The second-order valence-electron chi connectivity index (χ2n) is 18.9. The maximum atomic E-state index is 13.4. The monoisotopic (exact) mass is 1170 g/mol. The van der Waals surface area contributed by atoms with Gasteiger partial charge in [-0.3, -0.25) is 29.4 Å². The molecule has 0 radical (unpaired) electrons. The first-order valence-electron chi connectivity index (χ1n) is 22.3. The number of fused-ring (bicyclic) bond motifs is 4. The van der Waals surface area contributed by atoms with E-state index >= 15 is 0 Å². The molecule has 4 aromatic rings. The zero-order chi connectivity index (χ0) is 50.1. The zero-order valence-electron chi connectivity index (χ0n) is 39.7. The van der Waals surface area contributed by atoms with Gasteiger partial charge in [0.1, 0.15) is 11.2 Å². The molecule has 2 aliphatic carbocycles. The lowest BCUT2D eigenvalue weighted by Crippen LogP contribution is -2.51. The topological polar surface area (TPSA) is 158 Å². The Bertz CT molecular complexity index is 2710. The Morgan fingerprint density at radius 1 is 0.630 bits per heavy atom. The third kappa shape index (κ3) is 14.7. The van der Waals surface area contributed by atoms with Gasteiger partial charge in [-0.05, 0) is 155 Å². The average molecular weight is 1180 g/mol. The van der Waals surface area contributed by atoms with Gasteiger partial charge in [-0.25, -0.2) is 19.4 Å². The number of nitrogens with zero attached hydrogens (tertiary/aromatic N) is 7. The molecule has 73 heavy (non-hydrogen) atoms. The molecule has 0 spiro atoms. The number of hydroxylamine groups is 2. The fourth-order valence-electron chi connectivity index (χ4n) is 8.70. The number of ether oxygens (including phenoxy) is 2. The molecule has 1 N–H and O–H groups in total. The van der Waals surface area contributed by atoms with Crippen molar-refractivity contribution in [2.75, 3.05) is 66.5 Å². The van der Waals surface area contributed by atoms with E-state index in [4.69, 9.17) is 42.5 Å². The number of benzene rings is 2. The van der Waals surface area contributed by atoms with Crippen LogP contribution in [-0.4, -0.2) is 142 Å². The van der Waals surface area contributed by atoms with Crippen LogP contribution in [0.4, 0.5) is 9.59 Å². The fourth-order valence-corrected chi connectivity index (χ4v) is 9.75. The summed E-state index contributed by atoms with van der Waals surface area (Å²) >= 11 is 19.6. The molecule has 2 aliphatic heterocycles. The van der Waals surface area contributed by atoms with Gasteiger partial charge >= 0.3 is 18.2 Å². The maximum Gasteiger partial charge on any atom is 0.410 e. The molecule has 4 heterocycles. The highest BCUT2D eigenvalue weighted by molar-refractivity contribution is 9.10. The molecule has 8 rings (SSSR count). The average Bonchev–Trinajstić information content (AvgIpc) is 3.51. The van der Waals surface area contributed by atoms with Crippen molar-refractivity contribution in [3.05, 3.63) is 125 Å². The number of hydrogen-bond acceptors (Lipinski definition) is 11. The summed E-state index contributed by atoms with van der Waals surface area (Å²) in [6, 6.07) is 14.3. The van der Waals surface area contributed by atoms with E-state index in [-0.39, 0.29) is 65.5 Å². The van der Waals surface area contributed by atoms with Crippen LogP contribution < -0.4 is 0 Å². The molecule has 4 aliphatic rings. The van der Waals surface area contributed by atoms with Crippen molar-refractivity contribution >= 4 is 102 Å². The molecule has 2 unspecified atom stereocenters. The van der Waals surface area contributed by atoms with Crippen LogP contribution in [0, 0.1) is 0 Å². The first kappa shape index (κ1) is 62.4. The van der Waals surface area contributed by atoms with Gasteiger partial charge in [0.15, 0.2) is 0 Å². The van der Waals surface area contributed by atoms with Crippen LogP contribution in [0.1, 0.15) is 128 Å². The second kappa shape index (κ2) is 25.6. The molecular formula is C54H71Br2Cl2N7O8. The Morgan fingerprint density at radius 2 is 1.00 bits per heavy atom. The standard InChI is InChI=1S/C26H30BrClN4O4.C24H25BrClN3O4.4CH4/c1-26(2,3)36-25(34)32-10-8-31(9-11-32)23-19-7-6-18(28)14-20(19)21(24(33)30(4)35-5)13-16-12-17(27)15-29-22(16)23;1-24(2,3)33-23(32)29-8-6-28(7-9-29)21-17-5-4-16(26)12-18(17)19(22(30)31)11-14-10-15(25)13-27-20(14)21;;;;/h6-7,12-15,23H,8-11H2,1-5H3;4-5,10-13,21H,6-9H2,1-3H3,(H,30,31);4*1H4. The minimum atomic E-state index is -1.03. The predicted molar refractivity (Wildman–Crippen MR) is 299 cm³/mol. The van der Waals surface area contributed by atoms with Crippen molar-refractivity contribution in [2.45, 2.75) is 94.5 Å². The quantitative estimate of drug-likeness (QED) is 0.189. The van der Waals surface area contributed by atoms with E-state index in [1.807, 2.05) is 84.0 Å². The van der Waals surface area contributed by atoms with Crippen molar-refractivity contribution in [3.63, 3.8) is 0 Å². The van der Waals surface area contributed by atoms with E-state index in [1.54, 1.807) is 47.4 Å². The van der Waals surface area contributed by atoms with Gasteiger partial charge in [0.05, 0.1) is 41.7 Å². The van der Waals surface area contributed by atoms with E-state index in [0.717, 1.165) is 48.2 Å². The van der Waals surface area contributed by atoms with Crippen molar-refractivity contribution in [1.82, 2.24) is 34.6 Å². The smallest absolute Gasteiger partial charge is 0.410 e. The Balaban J connectivity index is 0.000000366. The summed E-state index contributed by atoms with van der Waals surface area (Å²) in [7, 11) is 3.03. The van der Waals surface area contributed by atoms with Gasteiger partial charge in [0.2, 0.25) is 0 Å². The maximum absolute atomic E-state index is 13.4. The van der Waals surface area contributed by atoms with Crippen molar-refractivity contribution in [2.24, 2.45) is 0 Å². The second-order valence-corrected chi connectivity index (χ2v) is 21.6. The number of rotatable bonds is 5. The molecule has 3 amide bonds. The summed E-state index contributed by atoms with van der Waals surface area (Å²) in [4.78, 5) is 73.3. The number of carbonyl (C=O) groups is 4. The van der Waals surface area contributed by atoms with Gasteiger partial charge < -0.3 is 24.4 Å². The van der Waals surface area contributed by atoms with Crippen LogP contribution in [0.15, 0.2) is 69.9 Å². The lowest BCUT2D eigenvalue weighted by Gasteiger charge is -2.40. The highest BCUT2D eigenvalue weighted by atomic mass is 79.9. The van der Waals surface area contributed by atoms with Gasteiger partial charge in [0.25, 0.3) is 5.91 Å². The molecule has 2 aromatic heterocycles. The molecule has 15 nitrogen and oxygen atoms in total. The summed E-state index contributed by atoms with van der Waals surface area (Å²) in [5, 5.41) is 12.2. The van der Waals surface area contributed by atoms with Gasteiger partial charge in [-0.15, -0.1) is 0 Å². The van der Waals surface area contributed by atoms with Crippen molar-refractivity contribution in [3.8, 4) is 0 Å². The predicted octanol–water partition coefficient (Wildman–Crippen LogP) is 12.6. The number of carboxylic acids is 1. The molecule has 0 bridgehead atoms. The van der Waals surface area contributed by atoms with Gasteiger partial charge in [-0.1, -0.05) is 65.0 Å². The number of halogens is 4. The fraction of sp³-hybridized carbons (Fsp3) is 0.444. The van der Waals surface area contributed by atoms with Crippen molar-refractivity contribution < 1.29 is 38.6 Å². The number of carboxylic acid groups (broad SMARTS) is 1. The SMILES string of the molecule is C.C.C.C.CC(C)(C)OC(=O)N1CCN(C2c3ccc(Cl)cc3C(C(=O)O)=Cc3cc(Br)cnc32)CC1.CON(C)C(=O)C1=Cc2cc(Br)cnc2C(N2CCN(C(=O)OC(C)(C)C)CC2)c2ccc(Cl)cc21. The Labute approximate surface area is 458 Å². The van der Waals surface area contributed by atoms with Crippen LogP contribution in [0.3, 0.4) is 0 Å². The normalized spacial score (nSPS) is 17.3. The number of amides is 3. The van der Waals surface area contributed by atoms with Crippen LogP contribution in [0.25, 0.3) is 23.3 Å². The third-order valence-corrected chi connectivity index (χ3v) is 13.2. The lowest BCUT2D eigenvalue weighted by atomic mass is 9.93. The Kier molecular flexibility index (Phi) is 21.9. The van der Waals surface area contributed by atoms with E-state index in [0.29, 0.717) is 73.5 Å². The number of pyridine rings is 2. The highest BCUT2D eigenvalue weighted by Gasteiger charge is 2.38. The van der Waals surface area contributed by atoms with Gasteiger partial charge in [-0.2, -0.15) is 0 Å². The van der Waals surface area contributed by atoms with Gasteiger partial charge in [0, 0.05) is 90.8 Å². The summed E-state index contributed by atoms with van der Waals surface area (Å²) in [6.45, 7) is 15.6. The largest absolute Gasteiger partial charge is 0.478 e. The summed E-state index contributed by atoms with van der Waals surface area (Å²) < 4.78 is 12.7. The molecule has 398 valence electrons. The lowest BCUT2D eigenvalue weighted by molar-refractivity contribution is -0.161. The van der Waals surface area contributed by atoms with E-state index < -0.39 is 17.2 Å². The number of aromatic nitrogens is 2. The molecular weight excluding hydrogens is 1110 g/mol. The zero-order valence-corrected chi connectivity index (χ0v) is 44.4. The summed E-state index contributed by atoms with van der Waals surface area (Å²) in [5.41, 5.74) is 5.73. The van der Waals surface area contributed by atoms with Crippen LogP contribution in [0.2, 0.25) is 10.0 Å². The molecule has 2 fully saturated rings.